The average Bonchev–Trinajstić information content (AvgIpc) is 2.39. The van der Waals surface area contributed by atoms with Crippen molar-refractivity contribution in [1.82, 2.24) is 10.2 Å². The Morgan fingerprint density at radius 2 is 2.14 bits per heavy atom. The lowest BCUT2D eigenvalue weighted by atomic mass is 10.1. The Labute approximate surface area is 122 Å². The van der Waals surface area contributed by atoms with Crippen LogP contribution in [0.1, 0.15) is 11.1 Å². The number of carboxylic acid groups (broad SMARTS) is 1. The number of carboxylic acids is 1. The van der Waals surface area contributed by atoms with Gasteiger partial charge in [-0.2, -0.15) is 0 Å². The minimum Gasteiger partial charge on any atom is -0.480 e. The molecule has 0 unspecified atom stereocenters. The van der Waals surface area contributed by atoms with Crippen LogP contribution in [-0.2, 0) is 16.1 Å². The molecule has 6 heteroatoms. The summed E-state index contributed by atoms with van der Waals surface area (Å²) in [6.45, 7) is 1.47. The molecule has 5 nitrogen and oxygen atoms in total. The van der Waals surface area contributed by atoms with E-state index < -0.39 is 5.97 Å². The number of benzene rings is 1. The van der Waals surface area contributed by atoms with Gasteiger partial charge in [0, 0.05) is 6.54 Å². The summed E-state index contributed by atoms with van der Waals surface area (Å²) in [5.41, 5.74) is 1.17. The fourth-order valence-corrected chi connectivity index (χ4v) is 1.69. The van der Waals surface area contributed by atoms with Crippen molar-refractivity contribution in [2.45, 2.75) is 13.5 Å². The summed E-state index contributed by atoms with van der Waals surface area (Å²) < 4.78 is 13.3. The van der Waals surface area contributed by atoms with Crippen LogP contribution in [0, 0.1) is 25.1 Å². The van der Waals surface area contributed by atoms with Crippen LogP contribution in [0.4, 0.5) is 4.39 Å². The standard InChI is InChI=1S/C15H17FN2O3/c1-3-6-18(10-15(20)21)9-14(19)17-8-12-5-4-11(2)13(16)7-12/h1,4-5,7H,6,8-10H2,2H3,(H,17,19)(H,20,21). The number of hydrogen-bond acceptors (Lipinski definition) is 3. The Morgan fingerprint density at radius 3 is 2.71 bits per heavy atom. The second-order valence-corrected chi connectivity index (χ2v) is 4.60. The van der Waals surface area contributed by atoms with E-state index in [0.717, 1.165) is 0 Å². The average molecular weight is 292 g/mol. The Hall–Kier alpha value is -2.39. The van der Waals surface area contributed by atoms with Gasteiger partial charge < -0.3 is 10.4 Å². The molecule has 0 radical (unpaired) electrons. The van der Waals surface area contributed by atoms with Crippen LogP contribution in [0.3, 0.4) is 0 Å². The zero-order valence-corrected chi connectivity index (χ0v) is 11.7. The number of terminal acetylenes is 1. The lowest BCUT2D eigenvalue weighted by Crippen LogP contribution is -2.39. The highest BCUT2D eigenvalue weighted by molar-refractivity contribution is 5.79. The number of aliphatic carboxylic acids is 1. The molecule has 0 fully saturated rings. The van der Waals surface area contributed by atoms with E-state index in [-0.39, 0.29) is 37.9 Å². The zero-order chi connectivity index (χ0) is 15.8. The van der Waals surface area contributed by atoms with Crippen LogP contribution in [0.5, 0.6) is 0 Å². The topological polar surface area (TPSA) is 69.6 Å². The van der Waals surface area contributed by atoms with Gasteiger partial charge in [0.25, 0.3) is 0 Å². The number of carbonyl (C=O) groups is 2. The molecule has 0 aromatic heterocycles. The van der Waals surface area contributed by atoms with Gasteiger partial charge in [0.1, 0.15) is 5.82 Å². The molecule has 0 aliphatic carbocycles. The fourth-order valence-electron chi connectivity index (χ4n) is 1.69. The number of amides is 1. The van der Waals surface area contributed by atoms with E-state index in [4.69, 9.17) is 11.5 Å². The molecule has 0 atom stereocenters. The smallest absolute Gasteiger partial charge is 0.317 e. The van der Waals surface area contributed by atoms with Gasteiger partial charge in [-0.1, -0.05) is 18.1 Å². The van der Waals surface area contributed by atoms with Crippen molar-refractivity contribution >= 4 is 11.9 Å². The van der Waals surface area contributed by atoms with E-state index in [1.165, 1.54) is 11.0 Å². The normalized spacial score (nSPS) is 10.2. The maximum atomic E-state index is 13.3. The number of carbonyl (C=O) groups excluding carboxylic acids is 1. The van der Waals surface area contributed by atoms with Gasteiger partial charge in [0.05, 0.1) is 19.6 Å². The number of hydrogen-bond donors (Lipinski definition) is 2. The molecule has 1 aromatic rings. The molecule has 1 aromatic carbocycles. The molecule has 21 heavy (non-hydrogen) atoms. The van der Waals surface area contributed by atoms with Crippen molar-refractivity contribution in [3.8, 4) is 12.3 Å². The third kappa shape index (κ3) is 6.06. The van der Waals surface area contributed by atoms with Crippen molar-refractivity contribution < 1.29 is 19.1 Å². The van der Waals surface area contributed by atoms with Gasteiger partial charge in [-0.3, -0.25) is 14.5 Å². The van der Waals surface area contributed by atoms with Crippen molar-refractivity contribution in [1.29, 1.82) is 0 Å². The highest BCUT2D eigenvalue weighted by Gasteiger charge is 2.13. The Kier molecular flexibility index (Phi) is 6.37. The van der Waals surface area contributed by atoms with Gasteiger partial charge in [-0.15, -0.1) is 6.42 Å². The zero-order valence-electron chi connectivity index (χ0n) is 11.7. The first kappa shape index (κ1) is 16.7. The molecule has 0 saturated heterocycles. The van der Waals surface area contributed by atoms with Crippen molar-refractivity contribution in [2.24, 2.45) is 0 Å². The predicted octanol–water partition coefficient (Wildman–Crippen LogP) is 0.770. The van der Waals surface area contributed by atoms with E-state index in [0.29, 0.717) is 11.1 Å². The molecule has 1 rings (SSSR count). The molecule has 0 saturated carbocycles. The van der Waals surface area contributed by atoms with Crippen LogP contribution in [-0.4, -0.2) is 41.5 Å². The lowest BCUT2D eigenvalue weighted by molar-refractivity contribution is -0.138. The summed E-state index contributed by atoms with van der Waals surface area (Å²) >= 11 is 0. The van der Waals surface area contributed by atoms with Crippen LogP contribution in [0.2, 0.25) is 0 Å². The third-order valence-corrected chi connectivity index (χ3v) is 2.77. The Bertz CT molecular complexity index is 567. The van der Waals surface area contributed by atoms with Crippen LogP contribution < -0.4 is 5.32 Å². The monoisotopic (exact) mass is 292 g/mol. The summed E-state index contributed by atoms with van der Waals surface area (Å²) in [6.07, 6.45) is 5.12. The molecule has 0 spiro atoms. The highest BCUT2D eigenvalue weighted by atomic mass is 19.1. The predicted molar refractivity (Wildman–Crippen MR) is 75.9 cm³/mol. The first-order valence-corrected chi connectivity index (χ1v) is 6.31. The second kappa shape index (κ2) is 8.02. The van der Waals surface area contributed by atoms with Crippen molar-refractivity contribution in [3.63, 3.8) is 0 Å². The number of nitrogens with one attached hydrogen (secondary N) is 1. The molecular weight excluding hydrogens is 275 g/mol. The largest absolute Gasteiger partial charge is 0.480 e. The van der Waals surface area contributed by atoms with Gasteiger partial charge in [-0.05, 0) is 24.1 Å². The molecule has 1 amide bonds. The van der Waals surface area contributed by atoms with E-state index in [1.54, 1.807) is 19.1 Å². The van der Waals surface area contributed by atoms with Crippen LogP contribution in [0.15, 0.2) is 18.2 Å². The number of rotatable bonds is 7. The van der Waals surface area contributed by atoms with Gasteiger partial charge >= 0.3 is 5.97 Å². The highest BCUT2D eigenvalue weighted by Crippen LogP contribution is 2.08. The second-order valence-electron chi connectivity index (χ2n) is 4.60. The van der Waals surface area contributed by atoms with E-state index >= 15 is 0 Å². The number of nitrogens with zero attached hydrogens (tertiary/aromatic N) is 1. The third-order valence-electron chi connectivity index (χ3n) is 2.77. The number of halogens is 1. The quantitative estimate of drug-likeness (QED) is 0.728. The van der Waals surface area contributed by atoms with Crippen LogP contribution >= 0.6 is 0 Å². The van der Waals surface area contributed by atoms with Gasteiger partial charge in [-0.25, -0.2) is 4.39 Å². The SMILES string of the molecule is C#CCN(CC(=O)O)CC(=O)NCc1ccc(C)c(F)c1. The van der Waals surface area contributed by atoms with Gasteiger partial charge in [0.15, 0.2) is 0 Å². The molecule has 0 heterocycles. The molecule has 2 N–H and O–H groups in total. The maximum absolute atomic E-state index is 13.3. The minimum atomic E-state index is -1.06. The summed E-state index contributed by atoms with van der Waals surface area (Å²) in [4.78, 5) is 23.7. The minimum absolute atomic E-state index is 0.0683. The lowest BCUT2D eigenvalue weighted by Gasteiger charge is -2.16. The van der Waals surface area contributed by atoms with Crippen LogP contribution in [0.25, 0.3) is 0 Å². The van der Waals surface area contributed by atoms with E-state index in [9.17, 15) is 14.0 Å². The van der Waals surface area contributed by atoms with Crippen molar-refractivity contribution in [3.05, 3.63) is 35.1 Å². The molecule has 0 bridgehead atoms. The Morgan fingerprint density at radius 1 is 1.43 bits per heavy atom. The summed E-state index contributed by atoms with van der Waals surface area (Å²) in [5.74, 6) is 0.542. The van der Waals surface area contributed by atoms with Crippen molar-refractivity contribution in [2.75, 3.05) is 19.6 Å². The molecule has 0 aliphatic rings. The molecule has 0 aliphatic heterocycles. The van der Waals surface area contributed by atoms with Gasteiger partial charge in [0.2, 0.25) is 5.91 Å². The van der Waals surface area contributed by atoms with E-state index in [2.05, 4.69) is 11.2 Å². The number of aryl methyl sites for hydroxylation is 1. The Balaban J connectivity index is 2.50. The first-order chi connectivity index (χ1) is 9.92. The summed E-state index contributed by atoms with van der Waals surface area (Å²) in [7, 11) is 0. The maximum Gasteiger partial charge on any atom is 0.317 e. The summed E-state index contributed by atoms with van der Waals surface area (Å²) in [5, 5.41) is 11.3. The molecular formula is C15H17FN2O3. The molecule has 112 valence electrons. The van der Waals surface area contributed by atoms with E-state index in [1.807, 2.05) is 0 Å². The summed E-state index contributed by atoms with van der Waals surface area (Å²) in [6, 6.07) is 4.70. The first-order valence-electron chi connectivity index (χ1n) is 6.31. The fraction of sp³-hybridized carbons (Fsp3) is 0.333.